The van der Waals surface area contributed by atoms with E-state index in [1.807, 2.05) is 0 Å². The first-order valence-electron chi connectivity index (χ1n) is 7.40. The molecule has 0 amide bonds. The van der Waals surface area contributed by atoms with Gasteiger partial charge in [-0.15, -0.1) is 0 Å². The van der Waals surface area contributed by atoms with Gasteiger partial charge in [-0.25, -0.2) is 4.79 Å². The summed E-state index contributed by atoms with van der Waals surface area (Å²) in [6, 6.07) is 0. The van der Waals surface area contributed by atoms with Gasteiger partial charge in [-0.1, -0.05) is 11.6 Å². The lowest BCUT2D eigenvalue weighted by Crippen LogP contribution is -2.37. The maximum absolute atomic E-state index is 12.1. The fraction of sp³-hybridized carbons (Fsp3) is 0.467. The van der Waals surface area contributed by atoms with E-state index in [2.05, 4.69) is 4.98 Å². The van der Waals surface area contributed by atoms with Gasteiger partial charge in [0.15, 0.2) is 6.23 Å². The molecule has 0 spiro atoms. The van der Waals surface area contributed by atoms with Crippen LogP contribution >= 0.6 is 11.6 Å². The maximum Gasteiger partial charge on any atom is 0.330 e. The van der Waals surface area contributed by atoms with Gasteiger partial charge in [-0.3, -0.25) is 23.9 Å². The number of aromatic nitrogens is 2. The molecular weight excluding hydrogens is 356 g/mol. The summed E-state index contributed by atoms with van der Waals surface area (Å²) in [6.07, 6.45) is 0.469. The average Bonchev–Trinajstić information content (AvgIpc) is 2.90. The average molecular weight is 373 g/mol. The van der Waals surface area contributed by atoms with Crippen LogP contribution in [0.4, 0.5) is 0 Å². The Kier molecular flexibility index (Phi) is 6.16. The predicted octanol–water partition coefficient (Wildman–Crippen LogP) is 0.528. The fourth-order valence-corrected chi connectivity index (χ4v) is 2.61. The van der Waals surface area contributed by atoms with Gasteiger partial charge < -0.3 is 14.2 Å². The van der Waals surface area contributed by atoms with Gasteiger partial charge in [0.2, 0.25) is 0 Å². The number of nitrogens with one attached hydrogen (secondary N) is 1. The summed E-state index contributed by atoms with van der Waals surface area (Å²) in [4.78, 5) is 48.3. The molecule has 3 atom stereocenters. The number of carbonyl (C=O) groups excluding carboxylic acids is 2. The maximum atomic E-state index is 12.1. The molecule has 1 aliphatic rings. The number of H-pyrrole nitrogens is 1. The summed E-state index contributed by atoms with van der Waals surface area (Å²) in [7, 11) is 0. The second-order valence-electron chi connectivity index (χ2n) is 5.38. The van der Waals surface area contributed by atoms with Crippen molar-refractivity contribution >= 4 is 29.6 Å². The first kappa shape index (κ1) is 18.9. The summed E-state index contributed by atoms with van der Waals surface area (Å²) >= 11 is 5.48. The Hall–Kier alpha value is -2.39. The lowest BCUT2D eigenvalue weighted by molar-refractivity contribution is -0.153. The van der Waals surface area contributed by atoms with E-state index in [9.17, 15) is 19.2 Å². The molecule has 1 fully saturated rings. The second-order valence-corrected chi connectivity index (χ2v) is 5.63. The van der Waals surface area contributed by atoms with Gasteiger partial charge in [0, 0.05) is 32.0 Å². The molecular formula is C15H17ClN2O7. The molecule has 0 bridgehead atoms. The zero-order valence-electron chi connectivity index (χ0n) is 13.6. The van der Waals surface area contributed by atoms with Gasteiger partial charge in [-0.05, 0) is 6.08 Å². The number of hydrogen-bond acceptors (Lipinski definition) is 7. The van der Waals surface area contributed by atoms with Crippen LogP contribution in [0.3, 0.4) is 0 Å². The molecule has 0 aromatic carbocycles. The van der Waals surface area contributed by atoms with Crippen LogP contribution in [0.1, 0.15) is 32.1 Å². The topological polar surface area (TPSA) is 117 Å². The van der Waals surface area contributed by atoms with Crippen molar-refractivity contribution in [2.45, 2.75) is 38.7 Å². The smallest absolute Gasteiger partial charge is 0.330 e. The number of aromatic amines is 1. The van der Waals surface area contributed by atoms with Gasteiger partial charge >= 0.3 is 17.6 Å². The van der Waals surface area contributed by atoms with Crippen molar-refractivity contribution in [1.29, 1.82) is 0 Å². The van der Waals surface area contributed by atoms with Crippen LogP contribution in [0.5, 0.6) is 0 Å². The SMILES string of the molecule is CC(=O)OC[C@@H]1C[C@@H](OC(C)=O)[C@H](n2cc(/C=C/Cl)c(=O)[nH]c2=O)O1. The summed E-state index contributed by atoms with van der Waals surface area (Å²) in [5.74, 6) is -1.03. The zero-order chi connectivity index (χ0) is 18.6. The fourth-order valence-electron chi connectivity index (χ4n) is 2.47. The van der Waals surface area contributed by atoms with Crippen LogP contribution in [-0.2, 0) is 23.8 Å². The molecule has 0 unspecified atom stereocenters. The van der Waals surface area contributed by atoms with Crippen molar-refractivity contribution in [2.75, 3.05) is 6.61 Å². The minimum atomic E-state index is -0.976. The minimum Gasteiger partial charge on any atom is -0.463 e. The third-order valence-corrected chi connectivity index (χ3v) is 3.57. The van der Waals surface area contributed by atoms with E-state index in [1.165, 1.54) is 26.1 Å². The number of carbonyl (C=O) groups is 2. The second kappa shape index (κ2) is 8.13. The van der Waals surface area contributed by atoms with Crippen molar-refractivity contribution in [3.8, 4) is 0 Å². The normalized spacial score (nSPS) is 22.9. The molecule has 10 heteroatoms. The predicted molar refractivity (Wildman–Crippen MR) is 86.9 cm³/mol. The highest BCUT2D eigenvalue weighted by atomic mass is 35.5. The summed E-state index contributed by atoms with van der Waals surface area (Å²) < 4.78 is 16.9. The van der Waals surface area contributed by atoms with Crippen molar-refractivity contribution in [3.63, 3.8) is 0 Å². The van der Waals surface area contributed by atoms with Crippen molar-refractivity contribution < 1.29 is 23.8 Å². The zero-order valence-corrected chi connectivity index (χ0v) is 14.3. The molecule has 0 radical (unpaired) electrons. The molecule has 1 aromatic heterocycles. The Morgan fingerprint density at radius 3 is 2.72 bits per heavy atom. The van der Waals surface area contributed by atoms with E-state index in [0.717, 1.165) is 10.1 Å². The molecule has 2 heterocycles. The number of nitrogens with zero attached hydrogens (tertiary/aromatic N) is 1. The molecule has 2 rings (SSSR count). The van der Waals surface area contributed by atoms with Gasteiger partial charge in [0.05, 0.1) is 11.7 Å². The van der Waals surface area contributed by atoms with Crippen molar-refractivity contribution in [1.82, 2.24) is 9.55 Å². The third-order valence-electron chi connectivity index (χ3n) is 3.45. The van der Waals surface area contributed by atoms with Crippen LogP contribution in [0.25, 0.3) is 6.08 Å². The van der Waals surface area contributed by atoms with Crippen LogP contribution < -0.4 is 11.2 Å². The largest absolute Gasteiger partial charge is 0.463 e. The highest BCUT2D eigenvalue weighted by Gasteiger charge is 2.40. The Balaban J connectivity index is 2.34. The molecule has 1 aliphatic heterocycles. The lowest BCUT2D eigenvalue weighted by atomic mass is 10.2. The van der Waals surface area contributed by atoms with Crippen LogP contribution in [-0.4, -0.2) is 40.3 Å². The van der Waals surface area contributed by atoms with Crippen LogP contribution in [0.2, 0.25) is 0 Å². The summed E-state index contributed by atoms with van der Waals surface area (Å²) in [5.41, 5.74) is -0.0889. The van der Waals surface area contributed by atoms with Crippen LogP contribution in [0.15, 0.2) is 21.3 Å². The van der Waals surface area contributed by atoms with E-state index in [-0.39, 0.29) is 18.6 Å². The van der Waals surface area contributed by atoms with Crippen LogP contribution in [0, 0.1) is 0 Å². The number of esters is 2. The van der Waals surface area contributed by atoms with Gasteiger partial charge in [-0.2, -0.15) is 0 Å². The van der Waals surface area contributed by atoms with Crippen molar-refractivity contribution in [3.05, 3.63) is 38.1 Å². The van der Waals surface area contributed by atoms with E-state index in [1.54, 1.807) is 0 Å². The Bertz CT molecular complexity index is 798. The lowest BCUT2D eigenvalue weighted by Gasteiger charge is -2.20. The molecule has 1 saturated heterocycles. The molecule has 0 aliphatic carbocycles. The standard InChI is InChI=1S/C15H17ClN2O7/c1-8(19)23-7-11-5-12(24-9(2)20)14(25-11)18-6-10(3-4-16)13(21)17-15(18)22/h3-4,6,11-12,14H,5,7H2,1-2H3,(H,17,21,22)/b4-3+/t11-,12+,14+/m0/s1. The molecule has 9 nitrogen and oxygen atoms in total. The van der Waals surface area contributed by atoms with E-state index in [4.69, 9.17) is 25.8 Å². The molecule has 136 valence electrons. The van der Waals surface area contributed by atoms with Crippen molar-refractivity contribution in [2.24, 2.45) is 0 Å². The quantitative estimate of drug-likeness (QED) is 0.749. The molecule has 0 saturated carbocycles. The highest BCUT2D eigenvalue weighted by molar-refractivity contribution is 6.27. The highest BCUT2D eigenvalue weighted by Crippen LogP contribution is 2.30. The number of ether oxygens (including phenoxy) is 3. The first-order valence-corrected chi connectivity index (χ1v) is 7.83. The minimum absolute atomic E-state index is 0.0455. The Morgan fingerprint density at radius 1 is 1.40 bits per heavy atom. The number of rotatable bonds is 5. The van der Waals surface area contributed by atoms with Gasteiger partial charge in [0.25, 0.3) is 5.56 Å². The van der Waals surface area contributed by atoms with E-state index < -0.39 is 41.6 Å². The first-order chi connectivity index (χ1) is 11.8. The van der Waals surface area contributed by atoms with E-state index in [0.29, 0.717) is 0 Å². The van der Waals surface area contributed by atoms with E-state index >= 15 is 0 Å². The Morgan fingerprint density at radius 2 is 2.12 bits per heavy atom. The molecule has 1 aromatic rings. The monoisotopic (exact) mass is 372 g/mol. The molecule has 25 heavy (non-hydrogen) atoms. The number of halogens is 1. The summed E-state index contributed by atoms with van der Waals surface area (Å²) in [6.45, 7) is 2.44. The van der Waals surface area contributed by atoms with Gasteiger partial charge in [0.1, 0.15) is 12.7 Å². The Labute approximate surface area is 147 Å². The number of hydrogen-bond donors (Lipinski definition) is 1. The molecule has 1 N–H and O–H groups in total. The third kappa shape index (κ3) is 4.80. The summed E-state index contributed by atoms with van der Waals surface area (Å²) in [5, 5.41) is 0.